The summed E-state index contributed by atoms with van der Waals surface area (Å²) in [4.78, 5) is 43.1. The number of urea groups is 1. The van der Waals surface area contributed by atoms with Crippen molar-refractivity contribution in [3.63, 3.8) is 0 Å². The summed E-state index contributed by atoms with van der Waals surface area (Å²) >= 11 is 0. The van der Waals surface area contributed by atoms with E-state index in [2.05, 4.69) is 10.3 Å². The highest BCUT2D eigenvalue weighted by molar-refractivity contribution is 6.01. The quantitative estimate of drug-likeness (QED) is 0.815. The number of benzene rings is 1. The molecule has 4 amide bonds. The number of likely N-dealkylation sites (tertiary alicyclic amines) is 2. The molecular weight excluding hydrogens is 360 g/mol. The van der Waals surface area contributed by atoms with Crippen molar-refractivity contribution in [1.29, 1.82) is 0 Å². The van der Waals surface area contributed by atoms with Gasteiger partial charge in [-0.2, -0.15) is 0 Å². The van der Waals surface area contributed by atoms with Gasteiger partial charge in [0.25, 0.3) is 0 Å². The summed E-state index contributed by atoms with van der Waals surface area (Å²) in [6, 6.07) is 5.77. The second-order valence-corrected chi connectivity index (χ2v) is 7.41. The van der Waals surface area contributed by atoms with E-state index in [1.807, 2.05) is 25.1 Å². The number of nitrogens with zero attached hydrogens (tertiary/aromatic N) is 3. The number of aromatic nitrogens is 1. The average molecular weight is 384 g/mol. The summed E-state index contributed by atoms with van der Waals surface area (Å²) in [5.41, 5.74) is 2.79. The molecular formula is C20H24N4O4. The van der Waals surface area contributed by atoms with Crippen LogP contribution in [-0.4, -0.2) is 58.8 Å². The molecule has 8 heteroatoms. The van der Waals surface area contributed by atoms with Crippen molar-refractivity contribution >= 4 is 28.9 Å². The zero-order chi connectivity index (χ0) is 19.7. The van der Waals surface area contributed by atoms with Crippen LogP contribution in [0.3, 0.4) is 0 Å². The van der Waals surface area contributed by atoms with Crippen LogP contribution in [0.2, 0.25) is 0 Å². The molecule has 0 aliphatic carbocycles. The smallest absolute Gasteiger partial charge is 0.317 e. The van der Waals surface area contributed by atoms with Gasteiger partial charge in [-0.15, -0.1) is 0 Å². The molecule has 1 aromatic carbocycles. The minimum atomic E-state index is -0.161. The normalized spacial score (nSPS) is 18.3. The summed E-state index contributed by atoms with van der Waals surface area (Å²) < 4.78 is 5.98. The first-order valence-electron chi connectivity index (χ1n) is 9.75. The molecule has 2 aromatic rings. The molecule has 148 valence electrons. The number of nitrogens with one attached hydrogen (secondary N) is 1. The number of oxazole rings is 1. The maximum Gasteiger partial charge on any atom is 0.317 e. The molecule has 2 fully saturated rings. The Labute approximate surface area is 162 Å². The van der Waals surface area contributed by atoms with Gasteiger partial charge in [-0.3, -0.25) is 14.5 Å². The van der Waals surface area contributed by atoms with Gasteiger partial charge in [-0.25, -0.2) is 9.78 Å². The highest BCUT2D eigenvalue weighted by atomic mass is 16.3. The third-order valence-electron chi connectivity index (χ3n) is 5.53. The second-order valence-electron chi connectivity index (χ2n) is 7.41. The van der Waals surface area contributed by atoms with Gasteiger partial charge in [0.05, 0.1) is 0 Å². The number of para-hydroxylation sites is 1. The van der Waals surface area contributed by atoms with E-state index in [1.165, 1.54) is 4.90 Å². The maximum atomic E-state index is 12.4. The van der Waals surface area contributed by atoms with E-state index in [-0.39, 0.29) is 49.7 Å². The van der Waals surface area contributed by atoms with Crippen LogP contribution < -0.4 is 5.32 Å². The fourth-order valence-electron chi connectivity index (χ4n) is 3.87. The zero-order valence-electron chi connectivity index (χ0n) is 15.9. The molecule has 0 saturated carbocycles. The van der Waals surface area contributed by atoms with Gasteiger partial charge in [0.1, 0.15) is 5.52 Å². The number of imide groups is 1. The molecule has 0 atom stereocenters. The number of amides is 4. The summed E-state index contributed by atoms with van der Waals surface area (Å²) in [6.45, 7) is 3.77. The van der Waals surface area contributed by atoms with Gasteiger partial charge in [0.15, 0.2) is 11.5 Å². The topological polar surface area (TPSA) is 95.8 Å². The lowest BCUT2D eigenvalue weighted by atomic mass is 9.97. The highest BCUT2D eigenvalue weighted by Crippen LogP contribution is 2.30. The molecule has 4 rings (SSSR count). The lowest BCUT2D eigenvalue weighted by Crippen LogP contribution is -2.46. The van der Waals surface area contributed by atoms with E-state index >= 15 is 0 Å². The number of hydrogen-bond donors (Lipinski definition) is 1. The standard InChI is InChI=1S/C20H24N4O4/c1-13-3-2-4-15-18(13)28-19(22-15)14-7-10-23(11-8-14)20(27)21-9-12-24-16(25)5-6-17(24)26/h2-4,14H,5-12H2,1H3,(H,21,27). The van der Waals surface area contributed by atoms with Gasteiger partial charge in [-0.1, -0.05) is 12.1 Å². The number of carbonyl (C=O) groups is 3. The average Bonchev–Trinajstić information content (AvgIpc) is 3.27. The Hall–Kier alpha value is -2.90. The van der Waals surface area contributed by atoms with Crippen LogP contribution in [0.4, 0.5) is 4.79 Å². The Bertz CT molecular complexity index is 898. The van der Waals surface area contributed by atoms with Crippen molar-refractivity contribution in [2.24, 2.45) is 0 Å². The fourth-order valence-corrected chi connectivity index (χ4v) is 3.87. The first-order chi connectivity index (χ1) is 13.5. The van der Waals surface area contributed by atoms with Crippen molar-refractivity contribution in [1.82, 2.24) is 20.1 Å². The van der Waals surface area contributed by atoms with Crippen molar-refractivity contribution in [3.8, 4) is 0 Å². The van der Waals surface area contributed by atoms with Crippen molar-refractivity contribution in [2.45, 2.75) is 38.5 Å². The lowest BCUT2D eigenvalue weighted by Gasteiger charge is -2.30. The monoisotopic (exact) mass is 384 g/mol. The number of fused-ring (bicyclic) bond motifs is 1. The molecule has 2 aliphatic heterocycles. The third-order valence-corrected chi connectivity index (χ3v) is 5.53. The van der Waals surface area contributed by atoms with Crippen LogP contribution in [0, 0.1) is 6.92 Å². The molecule has 3 heterocycles. The minimum absolute atomic E-state index is 0.159. The van der Waals surface area contributed by atoms with E-state index in [0.717, 1.165) is 35.4 Å². The van der Waals surface area contributed by atoms with E-state index in [1.54, 1.807) is 4.90 Å². The van der Waals surface area contributed by atoms with E-state index in [4.69, 9.17) is 4.42 Å². The summed E-state index contributed by atoms with van der Waals surface area (Å²) in [6.07, 6.45) is 2.13. The number of aryl methyl sites for hydroxylation is 1. The van der Waals surface area contributed by atoms with Gasteiger partial charge in [0, 0.05) is 44.9 Å². The first kappa shape index (κ1) is 18.5. The molecule has 0 bridgehead atoms. The predicted octanol–water partition coefficient (Wildman–Crippen LogP) is 2.17. The van der Waals surface area contributed by atoms with Crippen molar-refractivity contribution in [2.75, 3.05) is 26.2 Å². The van der Waals surface area contributed by atoms with Gasteiger partial charge >= 0.3 is 6.03 Å². The number of hydrogen-bond acceptors (Lipinski definition) is 5. The minimum Gasteiger partial charge on any atom is -0.440 e. The van der Waals surface area contributed by atoms with Crippen LogP contribution in [0.15, 0.2) is 22.6 Å². The second kappa shape index (κ2) is 7.61. The molecule has 28 heavy (non-hydrogen) atoms. The Kier molecular flexibility index (Phi) is 5.02. The summed E-state index contributed by atoms with van der Waals surface area (Å²) in [5.74, 6) is 0.633. The van der Waals surface area contributed by atoms with Crippen LogP contribution in [-0.2, 0) is 9.59 Å². The third kappa shape index (κ3) is 3.58. The van der Waals surface area contributed by atoms with Crippen LogP contribution in [0.5, 0.6) is 0 Å². The number of piperidine rings is 1. The van der Waals surface area contributed by atoms with Crippen molar-refractivity contribution < 1.29 is 18.8 Å². The Morgan fingerprint density at radius 3 is 2.61 bits per heavy atom. The Morgan fingerprint density at radius 1 is 1.21 bits per heavy atom. The first-order valence-corrected chi connectivity index (χ1v) is 9.75. The number of rotatable bonds is 4. The summed E-state index contributed by atoms with van der Waals surface area (Å²) in [7, 11) is 0. The van der Waals surface area contributed by atoms with Crippen LogP contribution >= 0.6 is 0 Å². The van der Waals surface area contributed by atoms with Gasteiger partial charge in [0.2, 0.25) is 11.8 Å². The molecule has 0 radical (unpaired) electrons. The zero-order valence-corrected chi connectivity index (χ0v) is 15.9. The summed E-state index contributed by atoms with van der Waals surface area (Å²) in [5, 5.41) is 2.81. The van der Waals surface area contributed by atoms with E-state index in [0.29, 0.717) is 13.1 Å². The molecule has 0 spiro atoms. The highest BCUT2D eigenvalue weighted by Gasteiger charge is 2.29. The SMILES string of the molecule is Cc1cccc2nc(C3CCN(C(=O)NCCN4C(=O)CCC4=O)CC3)oc12. The lowest BCUT2D eigenvalue weighted by molar-refractivity contribution is -0.138. The van der Waals surface area contributed by atoms with E-state index < -0.39 is 0 Å². The van der Waals surface area contributed by atoms with Gasteiger partial charge in [-0.05, 0) is 31.4 Å². The largest absolute Gasteiger partial charge is 0.440 e. The fraction of sp³-hybridized carbons (Fsp3) is 0.500. The van der Waals surface area contributed by atoms with Gasteiger partial charge < -0.3 is 14.6 Å². The predicted molar refractivity (Wildman–Crippen MR) is 102 cm³/mol. The van der Waals surface area contributed by atoms with E-state index in [9.17, 15) is 14.4 Å². The number of carbonyl (C=O) groups excluding carboxylic acids is 3. The molecule has 2 aliphatic rings. The van der Waals surface area contributed by atoms with Crippen LogP contribution in [0.25, 0.3) is 11.1 Å². The molecule has 1 N–H and O–H groups in total. The molecule has 1 aromatic heterocycles. The molecule has 2 saturated heterocycles. The Morgan fingerprint density at radius 2 is 1.93 bits per heavy atom. The van der Waals surface area contributed by atoms with Crippen LogP contribution in [0.1, 0.15) is 43.1 Å². The van der Waals surface area contributed by atoms with Crippen molar-refractivity contribution in [3.05, 3.63) is 29.7 Å². The molecule has 0 unspecified atom stereocenters. The Balaban J connectivity index is 1.27. The molecule has 8 nitrogen and oxygen atoms in total. The maximum absolute atomic E-state index is 12.4.